The van der Waals surface area contributed by atoms with Gasteiger partial charge in [-0.25, -0.2) is 0 Å². The van der Waals surface area contributed by atoms with Crippen molar-refractivity contribution in [2.45, 2.75) is 6.54 Å². The number of rotatable bonds is 3. The van der Waals surface area contributed by atoms with Crippen LogP contribution in [0.4, 0.5) is 5.69 Å². The zero-order chi connectivity index (χ0) is 9.68. The molecule has 0 aliphatic carbocycles. The molecule has 1 aromatic carbocycles. The molecular weight excluding hydrogens is 164 g/mol. The number of para-hydroxylation sites is 1. The highest BCUT2D eigenvalue weighted by Gasteiger charge is 2.00. The van der Waals surface area contributed by atoms with Crippen molar-refractivity contribution >= 4 is 5.69 Å². The molecule has 4 nitrogen and oxygen atoms in total. The van der Waals surface area contributed by atoms with Gasteiger partial charge in [0.05, 0.1) is 6.54 Å². The molecule has 0 amide bonds. The van der Waals surface area contributed by atoms with E-state index in [1.54, 1.807) is 0 Å². The summed E-state index contributed by atoms with van der Waals surface area (Å²) in [5.74, 6) is 0. The number of nitrogens with zero attached hydrogens (tertiary/aromatic N) is 4. The molecule has 0 N–H and O–H groups in total. The Labute approximate surface area is 77.4 Å². The standard InChI is InChI=1S/C9H12N4/c1-13(2)9-6-4-3-5-8(9)7-11-12-10/h3-6H,7H2,1-2H3. The van der Waals surface area contributed by atoms with Crippen molar-refractivity contribution in [2.24, 2.45) is 5.11 Å². The van der Waals surface area contributed by atoms with Gasteiger partial charge in [0.2, 0.25) is 0 Å². The molecule has 0 fully saturated rings. The van der Waals surface area contributed by atoms with Crippen LogP contribution in [-0.4, -0.2) is 14.1 Å². The van der Waals surface area contributed by atoms with E-state index in [0.717, 1.165) is 11.3 Å². The Hall–Kier alpha value is -1.67. The van der Waals surface area contributed by atoms with Crippen LogP contribution in [0.25, 0.3) is 10.4 Å². The number of azide groups is 1. The van der Waals surface area contributed by atoms with Gasteiger partial charge in [-0.3, -0.25) is 0 Å². The molecule has 0 aliphatic heterocycles. The maximum absolute atomic E-state index is 8.20. The normalized spacial score (nSPS) is 9.08. The Kier molecular flexibility index (Phi) is 3.17. The molecule has 0 radical (unpaired) electrons. The molecule has 0 spiro atoms. The number of hydrogen-bond donors (Lipinski definition) is 0. The average Bonchev–Trinajstić information content (AvgIpc) is 2.15. The lowest BCUT2D eigenvalue weighted by molar-refractivity contribution is 1.01. The van der Waals surface area contributed by atoms with Gasteiger partial charge in [-0.2, -0.15) is 0 Å². The second-order valence-corrected chi connectivity index (χ2v) is 2.91. The predicted molar refractivity (Wildman–Crippen MR) is 53.6 cm³/mol. The maximum atomic E-state index is 8.20. The summed E-state index contributed by atoms with van der Waals surface area (Å²) < 4.78 is 0. The van der Waals surface area contributed by atoms with Crippen molar-refractivity contribution in [2.75, 3.05) is 19.0 Å². The van der Waals surface area contributed by atoms with E-state index in [2.05, 4.69) is 10.0 Å². The van der Waals surface area contributed by atoms with Gasteiger partial charge >= 0.3 is 0 Å². The highest BCUT2D eigenvalue weighted by molar-refractivity contribution is 5.52. The van der Waals surface area contributed by atoms with Crippen molar-refractivity contribution in [1.29, 1.82) is 0 Å². The van der Waals surface area contributed by atoms with Crippen LogP contribution in [-0.2, 0) is 6.54 Å². The molecule has 0 heterocycles. The van der Waals surface area contributed by atoms with Crippen LogP contribution >= 0.6 is 0 Å². The Morgan fingerprint density at radius 2 is 2.08 bits per heavy atom. The van der Waals surface area contributed by atoms with Gasteiger partial charge < -0.3 is 4.90 Å². The van der Waals surface area contributed by atoms with E-state index < -0.39 is 0 Å². The first-order valence-electron chi connectivity index (χ1n) is 4.02. The summed E-state index contributed by atoms with van der Waals surface area (Å²) in [6.45, 7) is 0.408. The van der Waals surface area contributed by atoms with Crippen molar-refractivity contribution in [1.82, 2.24) is 0 Å². The van der Waals surface area contributed by atoms with Crippen molar-refractivity contribution in [3.8, 4) is 0 Å². The molecule has 0 aliphatic rings. The Morgan fingerprint density at radius 1 is 1.38 bits per heavy atom. The lowest BCUT2D eigenvalue weighted by Gasteiger charge is -2.15. The molecular formula is C9H12N4. The summed E-state index contributed by atoms with van der Waals surface area (Å²) in [5, 5.41) is 3.54. The smallest absolute Gasteiger partial charge is 0.0531 e. The Bertz CT molecular complexity index is 326. The van der Waals surface area contributed by atoms with E-state index in [9.17, 15) is 0 Å². The summed E-state index contributed by atoms with van der Waals surface area (Å²) in [6, 6.07) is 7.87. The van der Waals surface area contributed by atoms with Gasteiger partial charge in [0, 0.05) is 24.7 Å². The van der Waals surface area contributed by atoms with E-state index in [0.29, 0.717) is 6.54 Å². The minimum atomic E-state index is 0.408. The molecule has 0 aromatic heterocycles. The van der Waals surface area contributed by atoms with Crippen LogP contribution in [0.3, 0.4) is 0 Å². The second-order valence-electron chi connectivity index (χ2n) is 2.91. The van der Waals surface area contributed by atoms with Crippen LogP contribution in [0.5, 0.6) is 0 Å². The fourth-order valence-corrected chi connectivity index (χ4v) is 1.19. The van der Waals surface area contributed by atoms with E-state index in [1.807, 2.05) is 43.3 Å². The minimum absolute atomic E-state index is 0.408. The average molecular weight is 176 g/mol. The first kappa shape index (κ1) is 9.42. The molecule has 68 valence electrons. The highest BCUT2D eigenvalue weighted by atomic mass is 15.1. The number of anilines is 1. The molecule has 0 bridgehead atoms. The minimum Gasteiger partial charge on any atom is -0.377 e. The molecule has 1 aromatic rings. The molecule has 0 atom stereocenters. The maximum Gasteiger partial charge on any atom is 0.0531 e. The van der Waals surface area contributed by atoms with Gasteiger partial charge in [0.15, 0.2) is 0 Å². The van der Waals surface area contributed by atoms with Crippen molar-refractivity contribution in [3.05, 3.63) is 40.3 Å². The van der Waals surface area contributed by atoms with Gasteiger partial charge in [0.25, 0.3) is 0 Å². The predicted octanol–water partition coefficient (Wildman–Crippen LogP) is 2.56. The quantitative estimate of drug-likeness (QED) is 0.396. The molecule has 0 unspecified atom stereocenters. The molecule has 4 heteroatoms. The first-order chi connectivity index (χ1) is 6.25. The van der Waals surface area contributed by atoms with Crippen LogP contribution in [0.1, 0.15) is 5.56 Å². The van der Waals surface area contributed by atoms with Gasteiger partial charge in [-0.1, -0.05) is 23.3 Å². The van der Waals surface area contributed by atoms with Crippen LogP contribution in [0.15, 0.2) is 29.4 Å². The van der Waals surface area contributed by atoms with Gasteiger partial charge in [-0.05, 0) is 17.2 Å². The summed E-state index contributed by atoms with van der Waals surface area (Å²) >= 11 is 0. The lowest BCUT2D eigenvalue weighted by Crippen LogP contribution is -2.10. The first-order valence-corrected chi connectivity index (χ1v) is 4.02. The van der Waals surface area contributed by atoms with Crippen molar-refractivity contribution < 1.29 is 0 Å². The highest BCUT2D eigenvalue weighted by Crippen LogP contribution is 2.18. The topological polar surface area (TPSA) is 52.0 Å². The zero-order valence-corrected chi connectivity index (χ0v) is 7.81. The fraction of sp³-hybridized carbons (Fsp3) is 0.333. The molecule has 1 rings (SSSR count). The Morgan fingerprint density at radius 3 is 2.69 bits per heavy atom. The van der Waals surface area contributed by atoms with E-state index in [-0.39, 0.29) is 0 Å². The summed E-state index contributed by atoms with van der Waals surface area (Å²) in [4.78, 5) is 4.74. The van der Waals surface area contributed by atoms with Gasteiger partial charge in [0.1, 0.15) is 0 Å². The molecule has 0 saturated carbocycles. The largest absolute Gasteiger partial charge is 0.377 e. The summed E-state index contributed by atoms with van der Waals surface area (Å²) in [5.41, 5.74) is 10.3. The summed E-state index contributed by atoms with van der Waals surface area (Å²) in [7, 11) is 3.93. The Balaban J connectivity index is 2.97. The third-order valence-corrected chi connectivity index (χ3v) is 1.78. The van der Waals surface area contributed by atoms with Crippen LogP contribution in [0, 0.1) is 0 Å². The molecule has 0 saturated heterocycles. The van der Waals surface area contributed by atoms with Gasteiger partial charge in [-0.15, -0.1) is 0 Å². The SMILES string of the molecule is CN(C)c1ccccc1CN=[N+]=[N-]. The molecule has 13 heavy (non-hydrogen) atoms. The van der Waals surface area contributed by atoms with Crippen molar-refractivity contribution in [3.63, 3.8) is 0 Å². The second kappa shape index (κ2) is 4.38. The zero-order valence-electron chi connectivity index (χ0n) is 7.81. The monoisotopic (exact) mass is 176 g/mol. The van der Waals surface area contributed by atoms with Crippen LogP contribution in [0.2, 0.25) is 0 Å². The number of hydrogen-bond acceptors (Lipinski definition) is 2. The van der Waals surface area contributed by atoms with E-state index in [4.69, 9.17) is 5.53 Å². The lowest BCUT2D eigenvalue weighted by atomic mass is 10.1. The van der Waals surface area contributed by atoms with E-state index >= 15 is 0 Å². The third kappa shape index (κ3) is 2.39. The number of benzene rings is 1. The third-order valence-electron chi connectivity index (χ3n) is 1.78. The fourth-order valence-electron chi connectivity index (χ4n) is 1.19. The van der Waals surface area contributed by atoms with Crippen LogP contribution < -0.4 is 4.90 Å². The van der Waals surface area contributed by atoms with E-state index in [1.165, 1.54) is 0 Å². The summed E-state index contributed by atoms with van der Waals surface area (Å²) in [6.07, 6.45) is 0.